The van der Waals surface area contributed by atoms with Gasteiger partial charge in [0, 0.05) is 22.0 Å². The van der Waals surface area contributed by atoms with E-state index < -0.39 is 0 Å². The van der Waals surface area contributed by atoms with Gasteiger partial charge in [-0.3, -0.25) is 10.1 Å². The van der Waals surface area contributed by atoms with Crippen LogP contribution >= 0.6 is 22.9 Å². The standard InChI is InChI=1S/C20H15ClN4OS/c1-13-6-8-15(9-7-13)17-12-27-20-23-19(24-25(17)20)22-18(26)11-10-14-4-2-3-5-16(14)21/h2-12H,1H3,(H,22,24,26)/b11-10+. The fourth-order valence-electron chi connectivity index (χ4n) is 2.58. The molecule has 2 aromatic carbocycles. The van der Waals surface area contributed by atoms with Crippen LogP contribution in [-0.4, -0.2) is 20.5 Å². The van der Waals surface area contributed by atoms with E-state index in [2.05, 4.69) is 27.5 Å². The van der Waals surface area contributed by atoms with Crippen LogP contribution in [0.3, 0.4) is 0 Å². The number of carbonyl (C=O) groups is 1. The Kier molecular flexibility index (Phi) is 4.75. The lowest BCUT2D eigenvalue weighted by molar-refractivity contribution is -0.111. The third-order valence-electron chi connectivity index (χ3n) is 3.98. The van der Waals surface area contributed by atoms with E-state index in [1.165, 1.54) is 23.0 Å². The molecular formula is C20H15ClN4OS. The van der Waals surface area contributed by atoms with E-state index in [4.69, 9.17) is 11.6 Å². The largest absolute Gasteiger partial charge is 0.290 e. The number of nitrogens with zero attached hydrogens (tertiary/aromatic N) is 3. The van der Waals surface area contributed by atoms with Crippen LogP contribution < -0.4 is 5.32 Å². The monoisotopic (exact) mass is 394 g/mol. The van der Waals surface area contributed by atoms with E-state index in [-0.39, 0.29) is 11.9 Å². The molecule has 5 nitrogen and oxygen atoms in total. The highest BCUT2D eigenvalue weighted by Crippen LogP contribution is 2.26. The van der Waals surface area contributed by atoms with Crippen molar-refractivity contribution in [3.05, 3.63) is 76.1 Å². The number of fused-ring (bicyclic) bond motifs is 1. The number of rotatable bonds is 4. The maximum atomic E-state index is 12.2. The molecule has 1 N–H and O–H groups in total. The van der Waals surface area contributed by atoms with Gasteiger partial charge in [-0.25, -0.2) is 4.52 Å². The van der Waals surface area contributed by atoms with Gasteiger partial charge in [-0.1, -0.05) is 59.6 Å². The number of hydrogen-bond acceptors (Lipinski definition) is 4. The molecular weight excluding hydrogens is 380 g/mol. The molecule has 7 heteroatoms. The highest BCUT2D eigenvalue weighted by molar-refractivity contribution is 7.15. The van der Waals surface area contributed by atoms with Gasteiger partial charge in [0.1, 0.15) is 0 Å². The molecule has 0 aliphatic rings. The molecule has 4 aromatic rings. The number of hydrogen-bond donors (Lipinski definition) is 1. The Morgan fingerprint density at radius 3 is 2.74 bits per heavy atom. The zero-order valence-electron chi connectivity index (χ0n) is 14.4. The summed E-state index contributed by atoms with van der Waals surface area (Å²) >= 11 is 7.56. The molecule has 2 heterocycles. The maximum Gasteiger partial charge on any atom is 0.250 e. The number of aromatic nitrogens is 3. The molecule has 0 unspecified atom stereocenters. The van der Waals surface area contributed by atoms with Crippen molar-refractivity contribution in [1.82, 2.24) is 14.6 Å². The Hall–Kier alpha value is -2.96. The van der Waals surface area contributed by atoms with Crippen LogP contribution in [0.5, 0.6) is 0 Å². The molecule has 0 aliphatic carbocycles. The van der Waals surface area contributed by atoms with Gasteiger partial charge in [0.25, 0.3) is 11.9 Å². The summed E-state index contributed by atoms with van der Waals surface area (Å²) in [5.74, 6) is -0.0471. The zero-order chi connectivity index (χ0) is 18.8. The Balaban J connectivity index is 1.54. The van der Waals surface area contributed by atoms with Crippen molar-refractivity contribution in [3.8, 4) is 11.3 Å². The average molecular weight is 395 g/mol. The van der Waals surface area contributed by atoms with Gasteiger partial charge >= 0.3 is 0 Å². The number of amides is 1. The zero-order valence-corrected chi connectivity index (χ0v) is 16.0. The minimum Gasteiger partial charge on any atom is -0.290 e. The molecule has 0 saturated carbocycles. The summed E-state index contributed by atoms with van der Waals surface area (Å²) in [4.78, 5) is 17.2. The third-order valence-corrected chi connectivity index (χ3v) is 5.14. The summed E-state index contributed by atoms with van der Waals surface area (Å²) in [6.07, 6.45) is 3.07. The van der Waals surface area contributed by atoms with Gasteiger partial charge in [-0.2, -0.15) is 4.98 Å². The van der Waals surface area contributed by atoms with E-state index in [1.807, 2.05) is 42.6 Å². The molecule has 0 radical (unpaired) electrons. The van der Waals surface area contributed by atoms with Gasteiger partial charge in [0.05, 0.1) is 5.69 Å². The van der Waals surface area contributed by atoms with Gasteiger partial charge in [0.15, 0.2) is 0 Å². The SMILES string of the molecule is Cc1ccc(-c2csc3nc(NC(=O)/C=C/c4ccccc4Cl)nn23)cc1. The number of anilines is 1. The number of benzene rings is 2. The summed E-state index contributed by atoms with van der Waals surface area (Å²) in [5, 5.41) is 9.69. The van der Waals surface area contributed by atoms with Crippen molar-refractivity contribution in [2.45, 2.75) is 6.92 Å². The number of thiazole rings is 1. The van der Waals surface area contributed by atoms with Crippen LogP contribution in [-0.2, 0) is 4.79 Å². The summed E-state index contributed by atoms with van der Waals surface area (Å²) in [5.41, 5.74) is 3.96. The summed E-state index contributed by atoms with van der Waals surface area (Å²) in [7, 11) is 0. The minimum absolute atomic E-state index is 0.268. The van der Waals surface area contributed by atoms with Crippen molar-refractivity contribution >= 4 is 45.8 Å². The van der Waals surface area contributed by atoms with E-state index >= 15 is 0 Å². The van der Waals surface area contributed by atoms with Gasteiger partial charge < -0.3 is 0 Å². The quantitative estimate of drug-likeness (QED) is 0.491. The fraction of sp³-hybridized carbons (Fsp3) is 0.0500. The van der Waals surface area contributed by atoms with Crippen LogP contribution in [0.1, 0.15) is 11.1 Å². The molecule has 0 aliphatic heterocycles. The fourth-order valence-corrected chi connectivity index (χ4v) is 3.61. The first-order valence-corrected chi connectivity index (χ1v) is 9.51. The lowest BCUT2D eigenvalue weighted by Gasteiger charge is -1.99. The summed E-state index contributed by atoms with van der Waals surface area (Å²) in [6.45, 7) is 2.05. The second-order valence-corrected chi connectivity index (χ2v) is 7.20. The Labute approximate surface area is 164 Å². The van der Waals surface area contributed by atoms with E-state index in [1.54, 1.807) is 16.7 Å². The second kappa shape index (κ2) is 7.34. The predicted molar refractivity (Wildman–Crippen MR) is 110 cm³/mol. The molecule has 134 valence electrons. The van der Waals surface area contributed by atoms with Crippen molar-refractivity contribution in [3.63, 3.8) is 0 Å². The van der Waals surface area contributed by atoms with Gasteiger partial charge in [0.2, 0.25) is 4.96 Å². The van der Waals surface area contributed by atoms with E-state index in [0.717, 1.165) is 21.8 Å². The minimum atomic E-state index is -0.315. The average Bonchev–Trinajstić information content (AvgIpc) is 3.22. The lowest BCUT2D eigenvalue weighted by Crippen LogP contribution is -2.09. The molecule has 2 aromatic heterocycles. The topological polar surface area (TPSA) is 59.3 Å². The summed E-state index contributed by atoms with van der Waals surface area (Å²) < 4.78 is 1.74. The molecule has 0 atom stereocenters. The number of nitrogens with one attached hydrogen (secondary N) is 1. The van der Waals surface area contributed by atoms with Crippen molar-refractivity contribution in [2.75, 3.05) is 5.32 Å². The normalized spacial score (nSPS) is 11.3. The first kappa shape index (κ1) is 17.5. The van der Waals surface area contributed by atoms with E-state index in [0.29, 0.717) is 5.02 Å². The van der Waals surface area contributed by atoms with Crippen LogP contribution in [0.25, 0.3) is 22.3 Å². The van der Waals surface area contributed by atoms with Crippen molar-refractivity contribution in [1.29, 1.82) is 0 Å². The molecule has 1 amide bonds. The first-order valence-electron chi connectivity index (χ1n) is 8.25. The molecule has 27 heavy (non-hydrogen) atoms. The predicted octanol–water partition coefficient (Wildman–Crippen LogP) is 5.07. The Bertz CT molecular complexity index is 1140. The molecule has 0 fully saturated rings. The number of aryl methyl sites for hydroxylation is 1. The molecule has 4 rings (SSSR count). The maximum absolute atomic E-state index is 12.2. The molecule has 0 spiro atoms. The van der Waals surface area contributed by atoms with Crippen molar-refractivity contribution in [2.24, 2.45) is 0 Å². The lowest BCUT2D eigenvalue weighted by atomic mass is 10.1. The van der Waals surface area contributed by atoms with Gasteiger partial charge in [-0.05, 0) is 24.6 Å². The molecule has 0 bridgehead atoms. The third kappa shape index (κ3) is 3.77. The van der Waals surface area contributed by atoms with Crippen LogP contribution in [0.4, 0.5) is 5.95 Å². The van der Waals surface area contributed by atoms with Crippen LogP contribution in [0.2, 0.25) is 5.02 Å². The smallest absolute Gasteiger partial charge is 0.250 e. The number of carbonyl (C=O) groups excluding carboxylic acids is 1. The highest BCUT2D eigenvalue weighted by atomic mass is 35.5. The first-order chi connectivity index (χ1) is 13.1. The summed E-state index contributed by atoms with van der Waals surface area (Å²) in [6, 6.07) is 15.5. The Morgan fingerprint density at radius 1 is 1.19 bits per heavy atom. The highest BCUT2D eigenvalue weighted by Gasteiger charge is 2.12. The van der Waals surface area contributed by atoms with Crippen LogP contribution in [0, 0.1) is 6.92 Å². The Morgan fingerprint density at radius 2 is 1.96 bits per heavy atom. The van der Waals surface area contributed by atoms with Crippen molar-refractivity contribution < 1.29 is 4.79 Å². The second-order valence-electron chi connectivity index (χ2n) is 5.96. The molecule has 0 saturated heterocycles. The van der Waals surface area contributed by atoms with Gasteiger partial charge in [-0.15, -0.1) is 16.4 Å². The number of halogens is 1. The van der Waals surface area contributed by atoms with Crippen LogP contribution in [0.15, 0.2) is 60.0 Å². The van der Waals surface area contributed by atoms with E-state index in [9.17, 15) is 4.79 Å².